The molecule has 0 aliphatic heterocycles. The van der Waals surface area contributed by atoms with E-state index < -0.39 is 0 Å². The smallest absolute Gasteiger partial charge is 0.119 e. The Labute approximate surface area is 99.7 Å². The molecule has 0 atom stereocenters. The lowest BCUT2D eigenvalue weighted by Crippen LogP contribution is -1.83. The van der Waals surface area contributed by atoms with Gasteiger partial charge in [0.1, 0.15) is 5.75 Å². The van der Waals surface area contributed by atoms with E-state index >= 15 is 0 Å². The molecule has 0 saturated carbocycles. The lowest BCUT2D eigenvalue weighted by atomic mass is 10.1. The summed E-state index contributed by atoms with van der Waals surface area (Å²) in [6.45, 7) is 1.69. The summed E-state index contributed by atoms with van der Waals surface area (Å²) in [4.78, 5) is 10.3. The Balaban J connectivity index is 2.48. The van der Waals surface area contributed by atoms with Crippen LogP contribution in [-0.4, -0.2) is 7.11 Å². The first-order chi connectivity index (χ1) is 8.22. The van der Waals surface area contributed by atoms with Crippen molar-refractivity contribution in [2.45, 2.75) is 6.92 Å². The largest absolute Gasteiger partial charge is 0.497 e. The number of benzene rings is 2. The summed E-state index contributed by atoms with van der Waals surface area (Å²) >= 11 is 0. The van der Waals surface area contributed by atoms with Crippen LogP contribution in [0.25, 0.3) is 16.8 Å². The van der Waals surface area contributed by atoms with Crippen molar-refractivity contribution in [2.75, 3.05) is 7.11 Å². The molecule has 0 bridgehead atoms. The van der Waals surface area contributed by atoms with Gasteiger partial charge in [0.2, 0.25) is 0 Å². The molecule has 3 nitrogen and oxygen atoms in total. The van der Waals surface area contributed by atoms with E-state index in [1.54, 1.807) is 20.1 Å². The van der Waals surface area contributed by atoms with Crippen LogP contribution < -0.4 is 4.74 Å². The van der Waals surface area contributed by atoms with Gasteiger partial charge in [0.15, 0.2) is 0 Å². The predicted octanol–water partition coefficient (Wildman–Crippen LogP) is 3.98. The van der Waals surface area contributed by atoms with Crippen LogP contribution in [0.4, 0.5) is 0 Å². The van der Waals surface area contributed by atoms with Crippen molar-refractivity contribution >= 4 is 16.8 Å². The van der Waals surface area contributed by atoms with E-state index in [-0.39, 0.29) is 0 Å². The maximum Gasteiger partial charge on any atom is 0.119 e. The highest BCUT2D eigenvalue weighted by Crippen LogP contribution is 2.22. The first kappa shape index (κ1) is 11.3. The topological polar surface area (TPSA) is 38.7 Å². The third-order valence-electron chi connectivity index (χ3n) is 2.59. The van der Waals surface area contributed by atoms with E-state index in [1.165, 1.54) is 0 Å². The molecule has 0 fully saturated rings. The van der Waals surface area contributed by atoms with Crippen molar-refractivity contribution in [1.82, 2.24) is 0 Å². The van der Waals surface area contributed by atoms with Gasteiger partial charge in [-0.1, -0.05) is 18.2 Å². The van der Waals surface area contributed by atoms with Crippen molar-refractivity contribution in [1.29, 1.82) is 0 Å². The highest BCUT2D eigenvalue weighted by Gasteiger charge is 1.98. The van der Waals surface area contributed by atoms with E-state index in [0.29, 0.717) is 5.70 Å². The van der Waals surface area contributed by atoms with Gasteiger partial charge in [-0.2, -0.15) is 0 Å². The van der Waals surface area contributed by atoms with Gasteiger partial charge in [-0.3, -0.25) is 0 Å². The van der Waals surface area contributed by atoms with E-state index in [4.69, 9.17) is 4.74 Å². The zero-order valence-corrected chi connectivity index (χ0v) is 9.81. The number of ether oxygens (including phenoxy) is 1. The molecular formula is C14H13NO2. The van der Waals surface area contributed by atoms with Crippen LogP contribution in [0.2, 0.25) is 0 Å². The van der Waals surface area contributed by atoms with Crippen LogP contribution in [0.1, 0.15) is 12.5 Å². The molecule has 86 valence electrons. The van der Waals surface area contributed by atoms with Crippen LogP contribution in [-0.2, 0) is 0 Å². The number of nitrogens with zero attached hydrogens (tertiary/aromatic N) is 1. The predicted molar refractivity (Wildman–Crippen MR) is 69.9 cm³/mol. The third kappa shape index (κ3) is 2.50. The molecule has 2 aromatic carbocycles. The molecule has 3 heteroatoms. The van der Waals surface area contributed by atoms with Crippen LogP contribution in [0, 0.1) is 4.91 Å². The quantitative estimate of drug-likeness (QED) is 0.744. The van der Waals surface area contributed by atoms with Gasteiger partial charge in [-0.25, -0.2) is 0 Å². The number of methoxy groups -OCH3 is 1. The molecule has 2 rings (SSSR count). The average molecular weight is 227 g/mol. The van der Waals surface area contributed by atoms with Crippen LogP contribution in [0.3, 0.4) is 0 Å². The minimum Gasteiger partial charge on any atom is -0.497 e. The fourth-order valence-corrected chi connectivity index (χ4v) is 1.73. The van der Waals surface area contributed by atoms with Gasteiger partial charge >= 0.3 is 0 Å². The highest BCUT2D eigenvalue weighted by atomic mass is 16.5. The first-order valence-electron chi connectivity index (χ1n) is 5.32. The molecular weight excluding hydrogens is 214 g/mol. The Bertz CT molecular complexity index is 588. The summed E-state index contributed by atoms with van der Waals surface area (Å²) in [5.74, 6) is 0.839. The summed E-state index contributed by atoms with van der Waals surface area (Å²) in [5.41, 5.74) is 1.44. The second-order valence-electron chi connectivity index (χ2n) is 3.85. The van der Waals surface area contributed by atoms with Crippen molar-refractivity contribution in [3.63, 3.8) is 0 Å². The van der Waals surface area contributed by atoms with Gasteiger partial charge in [-0.05, 0) is 52.7 Å². The summed E-state index contributed by atoms with van der Waals surface area (Å²) in [7, 11) is 1.65. The first-order valence-corrected chi connectivity index (χ1v) is 5.32. The summed E-state index contributed by atoms with van der Waals surface area (Å²) in [6.07, 6.45) is 1.76. The van der Waals surface area contributed by atoms with Gasteiger partial charge in [0.05, 0.1) is 12.8 Å². The standard InChI is InChI=1S/C14H13NO2/c1-10(15-16)7-11-3-4-13-9-14(17-2)6-5-12(13)8-11/h3-9H,1-2H3/b10-7+. The maximum absolute atomic E-state index is 10.3. The lowest BCUT2D eigenvalue weighted by Gasteiger charge is -2.03. The minimum absolute atomic E-state index is 0.470. The average Bonchev–Trinajstić information content (AvgIpc) is 2.38. The van der Waals surface area contributed by atoms with Crippen LogP contribution >= 0.6 is 0 Å². The molecule has 0 unspecified atom stereocenters. The number of nitroso groups, excluding NO2 is 1. The Hall–Kier alpha value is -2.16. The summed E-state index contributed by atoms with van der Waals surface area (Å²) in [5, 5.41) is 5.10. The van der Waals surface area contributed by atoms with Gasteiger partial charge in [0.25, 0.3) is 0 Å². The molecule has 0 spiro atoms. The fraction of sp³-hybridized carbons (Fsp3) is 0.143. The number of allylic oxidation sites excluding steroid dienone is 1. The molecule has 0 aromatic heterocycles. The van der Waals surface area contributed by atoms with Crippen molar-refractivity contribution < 1.29 is 4.74 Å². The molecule has 0 saturated heterocycles. The third-order valence-corrected chi connectivity index (χ3v) is 2.59. The van der Waals surface area contributed by atoms with Gasteiger partial charge < -0.3 is 4.74 Å². The van der Waals surface area contributed by atoms with Crippen LogP contribution in [0.5, 0.6) is 5.75 Å². The zero-order valence-electron chi connectivity index (χ0n) is 9.81. The second kappa shape index (κ2) is 4.78. The fourth-order valence-electron chi connectivity index (χ4n) is 1.73. The summed E-state index contributed by atoms with van der Waals surface area (Å²) < 4.78 is 5.17. The van der Waals surface area contributed by atoms with Crippen molar-refractivity contribution in [3.05, 3.63) is 52.6 Å². The summed E-state index contributed by atoms with van der Waals surface area (Å²) in [6, 6.07) is 11.9. The van der Waals surface area contributed by atoms with E-state index in [9.17, 15) is 4.91 Å². The van der Waals surface area contributed by atoms with E-state index in [0.717, 1.165) is 22.1 Å². The molecule has 0 aliphatic carbocycles. The number of hydrogen-bond donors (Lipinski definition) is 0. The number of rotatable bonds is 3. The lowest BCUT2D eigenvalue weighted by molar-refractivity contribution is 0.415. The van der Waals surface area contributed by atoms with Gasteiger partial charge in [-0.15, -0.1) is 4.91 Å². The zero-order chi connectivity index (χ0) is 12.3. The Morgan fingerprint density at radius 3 is 2.59 bits per heavy atom. The SMILES string of the molecule is COc1ccc2cc(/C=C(\C)N=O)ccc2c1. The molecule has 17 heavy (non-hydrogen) atoms. The maximum atomic E-state index is 10.3. The van der Waals surface area contributed by atoms with Crippen molar-refractivity contribution in [2.24, 2.45) is 5.18 Å². The Morgan fingerprint density at radius 2 is 1.88 bits per heavy atom. The van der Waals surface area contributed by atoms with Gasteiger partial charge in [0, 0.05) is 0 Å². The Morgan fingerprint density at radius 1 is 1.18 bits per heavy atom. The molecule has 0 amide bonds. The molecule has 0 N–H and O–H groups in total. The molecule has 0 aliphatic rings. The van der Waals surface area contributed by atoms with Crippen molar-refractivity contribution in [3.8, 4) is 5.75 Å². The highest BCUT2D eigenvalue weighted by molar-refractivity contribution is 5.86. The second-order valence-corrected chi connectivity index (χ2v) is 3.85. The number of fused-ring (bicyclic) bond motifs is 1. The molecule has 0 radical (unpaired) electrons. The number of hydrogen-bond acceptors (Lipinski definition) is 3. The van der Waals surface area contributed by atoms with E-state index in [1.807, 2.05) is 36.4 Å². The normalized spacial score (nSPS) is 11.5. The molecule has 0 heterocycles. The van der Waals surface area contributed by atoms with E-state index in [2.05, 4.69) is 5.18 Å². The molecule has 2 aromatic rings. The minimum atomic E-state index is 0.470. The Kier molecular flexibility index (Phi) is 3.19. The monoisotopic (exact) mass is 227 g/mol. The van der Waals surface area contributed by atoms with Crippen LogP contribution in [0.15, 0.2) is 47.3 Å².